The van der Waals surface area contributed by atoms with Gasteiger partial charge in [0, 0.05) is 6.21 Å². The number of oxime groups is 1. The molecule has 0 saturated carbocycles. The Balaban J connectivity index is 2.39. The minimum atomic E-state index is 0.507. The van der Waals surface area contributed by atoms with E-state index in [2.05, 4.69) is 12.1 Å². The lowest BCUT2D eigenvalue weighted by Gasteiger charge is -1.97. The van der Waals surface area contributed by atoms with Crippen LogP contribution in [-0.4, -0.2) is 6.21 Å². The summed E-state index contributed by atoms with van der Waals surface area (Å²) < 4.78 is 0. The van der Waals surface area contributed by atoms with Gasteiger partial charge in [-0.15, -0.1) is 0 Å². The van der Waals surface area contributed by atoms with Gasteiger partial charge in [0.05, 0.1) is 0 Å². The van der Waals surface area contributed by atoms with Crippen molar-refractivity contribution in [3.63, 3.8) is 0 Å². The molecule has 0 fully saturated rings. The molecule has 1 aromatic carbocycles. The molecule has 1 radical (unpaired) electrons. The number of hydrogen-bond acceptors (Lipinski definition) is 2. The number of nitrogens with zero attached hydrogens (tertiary/aromatic N) is 1. The third-order valence-electron chi connectivity index (χ3n) is 1.22. The van der Waals surface area contributed by atoms with Crippen molar-refractivity contribution in [2.45, 2.75) is 6.61 Å². The molecule has 57 valence electrons. The van der Waals surface area contributed by atoms with Crippen molar-refractivity contribution in [1.82, 2.24) is 0 Å². The molecule has 0 aliphatic heterocycles. The molecule has 0 N–H and O–H groups in total. The maximum Gasteiger partial charge on any atom is 0.142 e. The van der Waals surface area contributed by atoms with E-state index >= 15 is 0 Å². The van der Waals surface area contributed by atoms with Crippen LogP contribution in [0.1, 0.15) is 5.56 Å². The summed E-state index contributed by atoms with van der Waals surface area (Å²) in [5, 5.41) is 3.53. The van der Waals surface area contributed by atoms with Crippen LogP contribution in [0.4, 0.5) is 0 Å². The summed E-state index contributed by atoms with van der Waals surface area (Å²) in [6, 6.07) is 9.87. The van der Waals surface area contributed by atoms with Crippen molar-refractivity contribution in [2.75, 3.05) is 0 Å². The van der Waals surface area contributed by atoms with E-state index in [1.165, 1.54) is 6.21 Å². The zero-order valence-corrected chi connectivity index (χ0v) is 6.23. The second kappa shape index (κ2) is 4.50. The predicted octanol–water partition coefficient (Wildman–Crippen LogP) is 2.02. The molecular weight excluding hydrogens is 138 g/mol. The van der Waals surface area contributed by atoms with Crippen LogP contribution >= 0.6 is 0 Å². The van der Waals surface area contributed by atoms with Crippen LogP contribution in [0.2, 0.25) is 0 Å². The Morgan fingerprint density at radius 2 is 2.09 bits per heavy atom. The van der Waals surface area contributed by atoms with Crippen molar-refractivity contribution in [2.24, 2.45) is 5.16 Å². The first-order valence-corrected chi connectivity index (χ1v) is 3.40. The minimum absolute atomic E-state index is 0.507. The summed E-state index contributed by atoms with van der Waals surface area (Å²) in [6.07, 6.45) is 1.38. The van der Waals surface area contributed by atoms with Crippen molar-refractivity contribution in [1.29, 1.82) is 0 Å². The molecule has 0 aliphatic rings. The maximum absolute atomic E-state index is 4.88. The predicted molar refractivity (Wildman–Crippen MR) is 45.1 cm³/mol. The molecule has 0 bridgehead atoms. The lowest BCUT2D eigenvalue weighted by atomic mass is 10.2. The van der Waals surface area contributed by atoms with Gasteiger partial charge < -0.3 is 4.84 Å². The van der Waals surface area contributed by atoms with Crippen LogP contribution in [0, 0.1) is 6.92 Å². The fraction of sp³-hybridized carbons (Fsp3) is 0.111. The summed E-state index contributed by atoms with van der Waals surface area (Å²) in [5.41, 5.74) is 1.11. The van der Waals surface area contributed by atoms with Crippen LogP contribution in [0.15, 0.2) is 35.5 Å². The summed E-state index contributed by atoms with van der Waals surface area (Å²) in [7, 11) is 0. The molecule has 0 heterocycles. The molecule has 0 spiro atoms. The quantitative estimate of drug-likeness (QED) is 0.474. The van der Waals surface area contributed by atoms with Crippen molar-refractivity contribution < 1.29 is 4.84 Å². The van der Waals surface area contributed by atoms with Gasteiger partial charge in [-0.2, -0.15) is 0 Å². The third kappa shape index (κ3) is 2.85. The normalized spacial score (nSPS) is 10.3. The summed E-state index contributed by atoms with van der Waals surface area (Å²) in [5.74, 6) is 0. The highest BCUT2D eigenvalue weighted by Gasteiger charge is 1.87. The van der Waals surface area contributed by atoms with Gasteiger partial charge in [0.15, 0.2) is 0 Å². The van der Waals surface area contributed by atoms with Crippen LogP contribution in [0.3, 0.4) is 0 Å². The fourth-order valence-electron chi connectivity index (χ4n) is 0.739. The monoisotopic (exact) mass is 148 g/mol. The smallest absolute Gasteiger partial charge is 0.142 e. The molecule has 0 amide bonds. The van der Waals surface area contributed by atoms with Crippen LogP contribution in [0.5, 0.6) is 0 Å². The molecule has 0 atom stereocenters. The van der Waals surface area contributed by atoms with Crippen molar-refractivity contribution in [3.05, 3.63) is 42.8 Å². The second-order valence-corrected chi connectivity index (χ2v) is 2.05. The SMILES string of the molecule is [CH2]C=NOCc1ccccc1. The Morgan fingerprint density at radius 1 is 1.36 bits per heavy atom. The Bertz CT molecular complexity index is 218. The molecule has 11 heavy (non-hydrogen) atoms. The van der Waals surface area contributed by atoms with Gasteiger partial charge in [-0.3, -0.25) is 0 Å². The average molecular weight is 148 g/mol. The van der Waals surface area contributed by atoms with E-state index in [1.54, 1.807) is 0 Å². The second-order valence-electron chi connectivity index (χ2n) is 2.05. The van der Waals surface area contributed by atoms with Gasteiger partial charge in [0.2, 0.25) is 0 Å². The van der Waals surface area contributed by atoms with Gasteiger partial charge in [-0.05, 0) is 12.5 Å². The van der Waals surface area contributed by atoms with Gasteiger partial charge >= 0.3 is 0 Å². The van der Waals surface area contributed by atoms with E-state index in [4.69, 9.17) is 4.84 Å². The van der Waals surface area contributed by atoms with Crippen molar-refractivity contribution >= 4 is 6.21 Å². The summed E-state index contributed by atoms with van der Waals surface area (Å²) >= 11 is 0. The average Bonchev–Trinajstić information content (AvgIpc) is 2.07. The summed E-state index contributed by atoms with van der Waals surface area (Å²) in [4.78, 5) is 4.88. The Hall–Kier alpha value is -1.31. The molecule has 1 rings (SSSR count). The maximum atomic E-state index is 4.88. The van der Waals surface area contributed by atoms with Crippen LogP contribution in [0.25, 0.3) is 0 Å². The minimum Gasteiger partial charge on any atom is -0.391 e. The number of benzene rings is 1. The van der Waals surface area contributed by atoms with Gasteiger partial charge in [0.25, 0.3) is 0 Å². The molecule has 2 heteroatoms. The highest BCUT2D eigenvalue weighted by molar-refractivity contribution is 5.60. The summed E-state index contributed by atoms with van der Waals surface area (Å²) in [6.45, 7) is 3.91. The van der Waals surface area contributed by atoms with Gasteiger partial charge in [0.1, 0.15) is 6.61 Å². The first-order valence-electron chi connectivity index (χ1n) is 3.40. The van der Waals surface area contributed by atoms with E-state index in [-0.39, 0.29) is 0 Å². The lowest BCUT2D eigenvalue weighted by molar-refractivity contribution is 0.132. The Labute approximate surface area is 66.5 Å². The highest BCUT2D eigenvalue weighted by Crippen LogP contribution is 1.99. The molecule has 1 aromatic rings. The van der Waals surface area contributed by atoms with Gasteiger partial charge in [-0.1, -0.05) is 35.5 Å². The fourth-order valence-corrected chi connectivity index (χ4v) is 0.739. The largest absolute Gasteiger partial charge is 0.391 e. The molecule has 0 aliphatic carbocycles. The van der Waals surface area contributed by atoms with Crippen LogP contribution < -0.4 is 0 Å². The third-order valence-corrected chi connectivity index (χ3v) is 1.22. The van der Waals surface area contributed by atoms with E-state index in [0.717, 1.165) is 5.56 Å². The Kier molecular flexibility index (Phi) is 3.19. The highest BCUT2D eigenvalue weighted by atomic mass is 16.6. The molecule has 0 saturated heterocycles. The molecule has 0 unspecified atom stereocenters. The zero-order valence-electron chi connectivity index (χ0n) is 6.23. The van der Waals surface area contributed by atoms with Crippen LogP contribution in [-0.2, 0) is 11.4 Å². The van der Waals surface area contributed by atoms with E-state index < -0.39 is 0 Å². The standard InChI is InChI=1S/C9H10NO/c1-2-10-11-8-9-6-4-3-5-7-9/h2-7H,1,8H2. The lowest BCUT2D eigenvalue weighted by Crippen LogP contribution is -1.84. The van der Waals surface area contributed by atoms with Crippen molar-refractivity contribution in [3.8, 4) is 0 Å². The first kappa shape index (κ1) is 7.79. The van der Waals surface area contributed by atoms with E-state index in [9.17, 15) is 0 Å². The molecular formula is C9H10NO. The Morgan fingerprint density at radius 3 is 2.73 bits per heavy atom. The topological polar surface area (TPSA) is 21.6 Å². The van der Waals surface area contributed by atoms with E-state index in [1.807, 2.05) is 30.3 Å². The molecule has 0 aromatic heterocycles. The molecule has 2 nitrogen and oxygen atoms in total. The van der Waals surface area contributed by atoms with E-state index in [0.29, 0.717) is 6.61 Å². The first-order chi connectivity index (χ1) is 5.43. The zero-order chi connectivity index (χ0) is 7.94. The number of hydrogen-bond donors (Lipinski definition) is 0. The number of rotatable bonds is 3. The van der Waals surface area contributed by atoms with Gasteiger partial charge in [-0.25, -0.2) is 0 Å².